The van der Waals surface area contributed by atoms with Gasteiger partial charge in [0.05, 0.1) is 6.04 Å². The van der Waals surface area contributed by atoms with E-state index in [4.69, 9.17) is 0 Å². The number of nitrogens with one attached hydrogen (secondary N) is 1. The number of benzene rings is 2. The Labute approximate surface area is 113 Å². The van der Waals surface area contributed by atoms with Crippen molar-refractivity contribution in [1.29, 1.82) is 0 Å². The predicted molar refractivity (Wildman–Crippen MR) is 71.4 cm³/mol. The van der Waals surface area contributed by atoms with E-state index in [1.165, 1.54) is 18.2 Å². The molecule has 4 heteroatoms. The van der Waals surface area contributed by atoms with Crippen LogP contribution in [0, 0.1) is 11.6 Å². The summed E-state index contributed by atoms with van der Waals surface area (Å²) >= 11 is 3.31. The second-order valence-electron chi connectivity index (χ2n) is 3.94. The van der Waals surface area contributed by atoms with Gasteiger partial charge in [-0.05, 0) is 42.9 Å². The molecule has 1 nitrogen and oxygen atoms in total. The van der Waals surface area contributed by atoms with Gasteiger partial charge < -0.3 is 5.32 Å². The molecule has 0 amide bonds. The molecule has 0 aliphatic carbocycles. The molecule has 0 saturated carbocycles. The van der Waals surface area contributed by atoms with Crippen LogP contribution in [0.25, 0.3) is 0 Å². The van der Waals surface area contributed by atoms with E-state index < -0.39 is 0 Å². The number of hydrogen-bond acceptors (Lipinski definition) is 1. The first kappa shape index (κ1) is 13.2. The molecule has 0 aromatic heterocycles. The van der Waals surface area contributed by atoms with Gasteiger partial charge in [0, 0.05) is 10.0 Å². The third-order valence-corrected chi connectivity index (χ3v) is 3.23. The lowest BCUT2D eigenvalue weighted by molar-refractivity contribution is 0.571. The molecule has 0 fully saturated rings. The number of hydrogen-bond donors (Lipinski definition) is 1. The van der Waals surface area contributed by atoms with Crippen LogP contribution >= 0.6 is 15.9 Å². The van der Waals surface area contributed by atoms with Crippen LogP contribution in [0.3, 0.4) is 0 Å². The molecule has 1 atom stereocenters. The first-order valence-corrected chi connectivity index (χ1v) is 6.29. The average Bonchev–Trinajstić information content (AvgIpc) is 2.35. The Hall–Kier alpha value is -1.26. The lowest BCUT2D eigenvalue weighted by Gasteiger charge is -2.18. The molecule has 94 valence electrons. The molecule has 1 N–H and O–H groups in total. The minimum atomic E-state index is -0.377. The van der Waals surface area contributed by atoms with Crippen LogP contribution in [-0.4, -0.2) is 7.05 Å². The summed E-state index contributed by atoms with van der Waals surface area (Å²) in [5.74, 6) is -0.648. The van der Waals surface area contributed by atoms with E-state index >= 15 is 0 Å². The van der Waals surface area contributed by atoms with E-state index in [-0.39, 0.29) is 17.7 Å². The molecule has 0 heterocycles. The molecule has 0 aliphatic heterocycles. The molecule has 2 rings (SSSR count). The third kappa shape index (κ3) is 2.76. The average molecular weight is 312 g/mol. The fourth-order valence-corrected chi connectivity index (χ4v) is 2.30. The van der Waals surface area contributed by atoms with Crippen molar-refractivity contribution in [3.05, 3.63) is 69.7 Å². The van der Waals surface area contributed by atoms with Crippen molar-refractivity contribution in [3.8, 4) is 0 Å². The molecule has 0 aliphatic rings. The molecular formula is C14H12BrF2N. The van der Waals surface area contributed by atoms with Crippen molar-refractivity contribution in [2.24, 2.45) is 0 Å². The number of rotatable bonds is 3. The summed E-state index contributed by atoms with van der Waals surface area (Å²) in [5, 5.41) is 3.00. The van der Waals surface area contributed by atoms with E-state index in [0.717, 1.165) is 4.47 Å². The summed E-state index contributed by atoms with van der Waals surface area (Å²) in [6.07, 6.45) is 0. The van der Waals surface area contributed by atoms with Crippen LogP contribution in [0.1, 0.15) is 17.2 Å². The van der Waals surface area contributed by atoms with Crippen molar-refractivity contribution in [2.75, 3.05) is 7.05 Å². The standard InChI is InChI=1S/C14H12BrF2N/c1-18-14(9-3-2-4-11(16)7-9)12-8-10(15)5-6-13(12)17/h2-8,14,18H,1H3. The smallest absolute Gasteiger partial charge is 0.128 e. The molecule has 0 bridgehead atoms. The molecule has 18 heavy (non-hydrogen) atoms. The second kappa shape index (κ2) is 5.59. The van der Waals surface area contributed by atoms with Crippen molar-refractivity contribution < 1.29 is 8.78 Å². The summed E-state index contributed by atoms with van der Waals surface area (Å²) in [5.41, 5.74) is 1.17. The van der Waals surface area contributed by atoms with Gasteiger partial charge in [-0.1, -0.05) is 28.1 Å². The van der Waals surface area contributed by atoms with Crippen LogP contribution in [0.2, 0.25) is 0 Å². The Kier molecular flexibility index (Phi) is 4.09. The highest BCUT2D eigenvalue weighted by atomic mass is 79.9. The lowest BCUT2D eigenvalue weighted by Crippen LogP contribution is -2.19. The second-order valence-corrected chi connectivity index (χ2v) is 4.86. The van der Waals surface area contributed by atoms with Crippen molar-refractivity contribution >= 4 is 15.9 Å². The normalized spacial score (nSPS) is 12.4. The molecule has 0 spiro atoms. The summed E-state index contributed by atoms with van der Waals surface area (Å²) in [4.78, 5) is 0. The number of halogens is 3. The SMILES string of the molecule is CNC(c1cccc(F)c1)c1cc(Br)ccc1F. The van der Waals surface area contributed by atoms with Gasteiger partial charge in [-0.3, -0.25) is 0 Å². The van der Waals surface area contributed by atoms with Gasteiger partial charge >= 0.3 is 0 Å². The molecule has 2 aromatic carbocycles. The van der Waals surface area contributed by atoms with Crippen LogP contribution in [0.5, 0.6) is 0 Å². The van der Waals surface area contributed by atoms with Crippen LogP contribution in [-0.2, 0) is 0 Å². The van der Waals surface area contributed by atoms with E-state index in [2.05, 4.69) is 21.2 Å². The van der Waals surface area contributed by atoms with Gasteiger partial charge in [-0.2, -0.15) is 0 Å². The Bertz CT molecular complexity index is 557. The first-order valence-electron chi connectivity index (χ1n) is 5.49. The maximum Gasteiger partial charge on any atom is 0.128 e. The largest absolute Gasteiger partial charge is 0.309 e. The zero-order chi connectivity index (χ0) is 13.1. The van der Waals surface area contributed by atoms with Gasteiger partial charge in [-0.15, -0.1) is 0 Å². The lowest BCUT2D eigenvalue weighted by atomic mass is 9.98. The molecule has 2 aromatic rings. The Morgan fingerprint density at radius 2 is 1.89 bits per heavy atom. The van der Waals surface area contributed by atoms with Crippen molar-refractivity contribution in [3.63, 3.8) is 0 Å². The maximum atomic E-state index is 13.8. The van der Waals surface area contributed by atoms with Crippen molar-refractivity contribution in [1.82, 2.24) is 5.32 Å². The Balaban J connectivity index is 2.48. The minimum Gasteiger partial charge on any atom is -0.309 e. The molecular weight excluding hydrogens is 300 g/mol. The minimum absolute atomic E-state index is 0.318. The van der Waals surface area contributed by atoms with E-state index in [1.54, 1.807) is 31.3 Å². The van der Waals surface area contributed by atoms with E-state index in [0.29, 0.717) is 11.1 Å². The first-order chi connectivity index (χ1) is 8.61. The molecule has 0 radical (unpaired) electrons. The van der Waals surface area contributed by atoms with Crippen LogP contribution in [0.15, 0.2) is 46.9 Å². The fourth-order valence-electron chi connectivity index (χ4n) is 1.92. The fraction of sp³-hybridized carbons (Fsp3) is 0.143. The maximum absolute atomic E-state index is 13.8. The monoisotopic (exact) mass is 311 g/mol. The van der Waals surface area contributed by atoms with Gasteiger partial charge in [0.2, 0.25) is 0 Å². The highest BCUT2D eigenvalue weighted by Crippen LogP contribution is 2.27. The topological polar surface area (TPSA) is 12.0 Å². The highest BCUT2D eigenvalue weighted by molar-refractivity contribution is 9.10. The van der Waals surface area contributed by atoms with Gasteiger partial charge in [-0.25, -0.2) is 8.78 Å². The molecule has 0 saturated heterocycles. The zero-order valence-electron chi connectivity index (χ0n) is 9.75. The van der Waals surface area contributed by atoms with Gasteiger partial charge in [0.1, 0.15) is 11.6 Å². The quantitative estimate of drug-likeness (QED) is 0.902. The van der Waals surface area contributed by atoms with Crippen LogP contribution < -0.4 is 5.32 Å². The third-order valence-electron chi connectivity index (χ3n) is 2.74. The van der Waals surface area contributed by atoms with E-state index in [9.17, 15) is 8.78 Å². The highest BCUT2D eigenvalue weighted by Gasteiger charge is 2.16. The summed E-state index contributed by atoms with van der Waals surface area (Å²) in [7, 11) is 1.72. The van der Waals surface area contributed by atoms with Gasteiger partial charge in [0.25, 0.3) is 0 Å². The van der Waals surface area contributed by atoms with Crippen molar-refractivity contribution in [2.45, 2.75) is 6.04 Å². The van der Waals surface area contributed by atoms with Crippen LogP contribution in [0.4, 0.5) is 8.78 Å². The zero-order valence-corrected chi connectivity index (χ0v) is 11.3. The Morgan fingerprint density at radius 1 is 1.11 bits per heavy atom. The summed E-state index contributed by atoms with van der Waals surface area (Å²) in [6.45, 7) is 0. The predicted octanol–water partition coefficient (Wildman–Crippen LogP) is 4.04. The molecule has 1 unspecified atom stereocenters. The summed E-state index contributed by atoms with van der Waals surface area (Å²) < 4.78 is 27.9. The van der Waals surface area contributed by atoms with E-state index in [1.807, 2.05) is 0 Å². The Morgan fingerprint density at radius 3 is 2.56 bits per heavy atom. The summed E-state index contributed by atoms with van der Waals surface area (Å²) in [6, 6.07) is 10.5. The van der Waals surface area contributed by atoms with Gasteiger partial charge in [0.15, 0.2) is 0 Å².